The van der Waals surface area contributed by atoms with Gasteiger partial charge in [-0.05, 0) is 42.9 Å². The van der Waals surface area contributed by atoms with E-state index in [0.717, 1.165) is 32.5 Å². The van der Waals surface area contributed by atoms with Crippen molar-refractivity contribution < 1.29 is 19.0 Å². The Balaban J connectivity index is 1.83. The summed E-state index contributed by atoms with van der Waals surface area (Å²) in [5, 5.41) is 12.9. The highest BCUT2D eigenvalue weighted by Gasteiger charge is 2.31. The topological polar surface area (TPSA) is 58.6 Å². The molecule has 2 N–H and O–H groups in total. The Hall–Kier alpha value is -1.46. The summed E-state index contributed by atoms with van der Waals surface area (Å²) < 4.78 is 18.2. The van der Waals surface area contributed by atoms with E-state index in [2.05, 4.69) is 5.32 Å². The van der Waals surface area contributed by atoms with Crippen molar-refractivity contribution >= 4 is 5.91 Å². The first kappa shape index (κ1) is 17.9. The molecule has 2 rings (SSSR count). The first-order valence-electron chi connectivity index (χ1n) is 8.18. The van der Waals surface area contributed by atoms with Crippen molar-refractivity contribution in [3.05, 3.63) is 35.6 Å². The van der Waals surface area contributed by atoms with Crippen LogP contribution in [0.4, 0.5) is 4.39 Å². The molecule has 5 heteroatoms. The van der Waals surface area contributed by atoms with Crippen molar-refractivity contribution in [2.45, 2.75) is 39.2 Å². The van der Waals surface area contributed by atoms with E-state index < -0.39 is 11.5 Å². The van der Waals surface area contributed by atoms with Crippen molar-refractivity contribution in [1.82, 2.24) is 5.32 Å². The van der Waals surface area contributed by atoms with Crippen LogP contribution < -0.4 is 5.32 Å². The van der Waals surface area contributed by atoms with E-state index in [4.69, 9.17) is 4.74 Å². The third kappa shape index (κ3) is 5.29. The first-order valence-corrected chi connectivity index (χ1v) is 8.18. The average molecular weight is 323 g/mol. The molecule has 1 amide bonds. The third-order valence-corrected chi connectivity index (χ3v) is 4.47. The number of halogens is 1. The molecular weight excluding hydrogens is 297 g/mol. The molecule has 1 heterocycles. The maximum atomic E-state index is 12.9. The Morgan fingerprint density at radius 3 is 2.57 bits per heavy atom. The number of hydrogen-bond donors (Lipinski definition) is 2. The van der Waals surface area contributed by atoms with Gasteiger partial charge >= 0.3 is 0 Å². The maximum absolute atomic E-state index is 12.9. The summed E-state index contributed by atoms with van der Waals surface area (Å²) in [6.45, 7) is 5.53. The molecule has 1 aromatic carbocycles. The van der Waals surface area contributed by atoms with Crippen LogP contribution in [0.3, 0.4) is 0 Å². The Morgan fingerprint density at radius 1 is 1.35 bits per heavy atom. The van der Waals surface area contributed by atoms with Gasteiger partial charge in [0.05, 0.1) is 6.10 Å². The second-order valence-electron chi connectivity index (χ2n) is 6.92. The van der Waals surface area contributed by atoms with E-state index in [1.165, 1.54) is 24.3 Å². The first-order chi connectivity index (χ1) is 10.9. The van der Waals surface area contributed by atoms with Crippen molar-refractivity contribution in [1.29, 1.82) is 0 Å². The highest BCUT2D eigenvalue weighted by Crippen LogP contribution is 2.31. The minimum Gasteiger partial charge on any atom is -0.387 e. The molecule has 1 atom stereocenters. The van der Waals surface area contributed by atoms with Gasteiger partial charge in [-0.1, -0.05) is 26.0 Å². The van der Waals surface area contributed by atoms with Crippen molar-refractivity contribution in [3.8, 4) is 0 Å². The number of ether oxygens (including phenoxy) is 1. The lowest BCUT2D eigenvalue weighted by Gasteiger charge is -2.31. The van der Waals surface area contributed by atoms with Crippen LogP contribution in [0.25, 0.3) is 0 Å². The SMILES string of the molecule is CC(C)(CC1CCOCC1)C(=O)NCC(O)c1ccc(F)cc1. The van der Waals surface area contributed by atoms with Gasteiger partial charge in [0.2, 0.25) is 5.91 Å². The summed E-state index contributed by atoms with van der Waals surface area (Å²) in [6, 6.07) is 5.66. The predicted molar refractivity (Wildman–Crippen MR) is 86.3 cm³/mol. The molecule has 1 fully saturated rings. The molecule has 23 heavy (non-hydrogen) atoms. The van der Waals surface area contributed by atoms with Gasteiger partial charge in [-0.3, -0.25) is 4.79 Å². The Kier molecular flexibility index (Phi) is 6.13. The average Bonchev–Trinajstić information content (AvgIpc) is 2.53. The number of amides is 1. The second-order valence-corrected chi connectivity index (χ2v) is 6.92. The van der Waals surface area contributed by atoms with E-state index in [-0.39, 0.29) is 18.3 Å². The lowest BCUT2D eigenvalue weighted by molar-refractivity contribution is -0.131. The van der Waals surface area contributed by atoms with E-state index in [9.17, 15) is 14.3 Å². The predicted octanol–water partition coefficient (Wildman–Crippen LogP) is 2.82. The molecule has 1 aromatic rings. The quantitative estimate of drug-likeness (QED) is 0.846. The van der Waals surface area contributed by atoms with Crippen LogP contribution in [0, 0.1) is 17.2 Å². The lowest BCUT2D eigenvalue weighted by Crippen LogP contribution is -2.40. The summed E-state index contributed by atoms with van der Waals surface area (Å²) in [5.41, 5.74) is 0.110. The summed E-state index contributed by atoms with van der Waals surface area (Å²) in [4.78, 5) is 12.4. The number of benzene rings is 1. The molecule has 0 bridgehead atoms. The highest BCUT2D eigenvalue weighted by molar-refractivity contribution is 5.81. The molecule has 0 saturated carbocycles. The third-order valence-electron chi connectivity index (χ3n) is 4.47. The second kappa shape index (κ2) is 7.88. The molecule has 128 valence electrons. The van der Waals surface area contributed by atoms with Crippen molar-refractivity contribution in [2.75, 3.05) is 19.8 Å². The van der Waals surface area contributed by atoms with Gasteiger partial charge in [-0.25, -0.2) is 4.39 Å². The Labute approximate surface area is 137 Å². The fraction of sp³-hybridized carbons (Fsp3) is 0.611. The van der Waals surface area contributed by atoms with Gasteiger partial charge in [0, 0.05) is 25.2 Å². The zero-order valence-corrected chi connectivity index (χ0v) is 13.8. The summed E-state index contributed by atoms with van der Waals surface area (Å²) in [7, 11) is 0. The summed E-state index contributed by atoms with van der Waals surface area (Å²) in [5.74, 6) is 0.0965. The van der Waals surface area contributed by atoms with Gasteiger partial charge < -0.3 is 15.2 Å². The number of carbonyl (C=O) groups is 1. The molecule has 0 radical (unpaired) electrons. The van der Waals surface area contributed by atoms with Crippen LogP contribution in [0.15, 0.2) is 24.3 Å². The minimum absolute atomic E-state index is 0.0647. The molecule has 1 saturated heterocycles. The molecule has 1 aliphatic rings. The van der Waals surface area contributed by atoms with Crippen LogP contribution in [0.1, 0.15) is 44.8 Å². The Morgan fingerprint density at radius 2 is 1.96 bits per heavy atom. The fourth-order valence-corrected chi connectivity index (χ4v) is 3.00. The zero-order chi connectivity index (χ0) is 16.9. The Bertz CT molecular complexity index is 510. The van der Waals surface area contributed by atoms with E-state index in [0.29, 0.717) is 11.5 Å². The minimum atomic E-state index is -0.835. The molecule has 0 aliphatic carbocycles. The molecule has 0 aromatic heterocycles. The summed E-state index contributed by atoms with van der Waals surface area (Å²) in [6.07, 6.45) is 1.97. The normalized spacial score (nSPS) is 17.7. The van der Waals surface area contributed by atoms with Gasteiger partial charge in [0.25, 0.3) is 0 Å². The maximum Gasteiger partial charge on any atom is 0.225 e. The van der Waals surface area contributed by atoms with E-state index in [1.807, 2.05) is 13.8 Å². The number of hydrogen-bond acceptors (Lipinski definition) is 3. The van der Waals surface area contributed by atoms with Crippen molar-refractivity contribution in [2.24, 2.45) is 11.3 Å². The largest absolute Gasteiger partial charge is 0.387 e. The van der Waals surface area contributed by atoms with Gasteiger partial charge in [0.15, 0.2) is 0 Å². The standard InChI is InChI=1S/C18H26FNO3/c1-18(2,11-13-7-9-23-10-8-13)17(22)20-12-16(21)14-3-5-15(19)6-4-14/h3-6,13,16,21H,7-12H2,1-2H3,(H,20,22). The number of rotatable bonds is 6. The monoisotopic (exact) mass is 323 g/mol. The van der Waals surface area contributed by atoms with Crippen LogP contribution >= 0.6 is 0 Å². The number of carbonyl (C=O) groups excluding carboxylic acids is 1. The van der Waals surface area contributed by atoms with Gasteiger partial charge in [-0.2, -0.15) is 0 Å². The number of aliphatic hydroxyl groups excluding tert-OH is 1. The zero-order valence-electron chi connectivity index (χ0n) is 13.8. The van der Waals surface area contributed by atoms with Crippen LogP contribution in [-0.4, -0.2) is 30.8 Å². The molecule has 0 spiro atoms. The fourth-order valence-electron chi connectivity index (χ4n) is 3.00. The smallest absolute Gasteiger partial charge is 0.225 e. The molecular formula is C18H26FNO3. The van der Waals surface area contributed by atoms with Crippen LogP contribution in [0.5, 0.6) is 0 Å². The highest BCUT2D eigenvalue weighted by atomic mass is 19.1. The summed E-state index contributed by atoms with van der Waals surface area (Å²) >= 11 is 0. The molecule has 1 unspecified atom stereocenters. The van der Waals surface area contributed by atoms with Gasteiger partial charge in [0.1, 0.15) is 5.82 Å². The number of nitrogens with one attached hydrogen (secondary N) is 1. The van der Waals surface area contributed by atoms with Crippen LogP contribution in [0.2, 0.25) is 0 Å². The van der Waals surface area contributed by atoms with Crippen molar-refractivity contribution in [3.63, 3.8) is 0 Å². The van der Waals surface area contributed by atoms with E-state index in [1.54, 1.807) is 0 Å². The van der Waals surface area contributed by atoms with Gasteiger partial charge in [-0.15, -0.1) is 0 Å². The number of aliphatic hydroxyl groups is 1. The van der Waals surface area contributed by atoms with Crippen LogP contribution in [-0.2, 0) is 9.53 Å². The lowest BCUT2D eigenvalue weighted by atomic mass is 9.79. The molecule has 4 nitrogen and oxygen atoms in total. The molecule has 1 aliphatic heterocycles. The van der Waals surface area contributed by atoms with E-state index >= 15 is 0 Å².